The highest BCUT2D eigenvalue weighted by atomic mass is 79.9. The number of likely N-dealkylation sites (tertiary alicyclic amines) is 1. The van der Waals surface area contributed by atoms with Crippen LogP contribution in [0.15, 0.2) is 16.6 Å². The van der Waals surface area contributed by atoms with E-state index < -0.39 is 12.1 Å². The smallest absolute Gasteiger partial charge is 0.391 e. The molecule has 8 heteroatoms. The Labute approximate surface area is 140 Å². The van der Waals surface area contributed by atoms with Crippen LogP contribution in [0.2, 0.25) is 0 Å². The zero-order valence-corrected chi connectivity index (χ0v) is 14.3. The summed E-state index contributed by atoms with van der Waals surface area (Å²) in [5, 5.41) is 0. The van der Waals surface area contributed by atoms with Gasteiger partial charge in [-0.25, -0.2) is 0 Å². The van der Waals surface area contributed by atoms with E-state index in [-0.39, 0.29) is 37.4 Å². The van der Waals surface area contributed by atoms with Crippen molar-refractivity contribution in [1.29, 1.82) is 0 Å². The topological polar surface area (TPSA) is 38.8 Å². The molecule has 0 radical (unpaired) electrons. The van der Waals surface area contributed by atoms with Crippen molar-refractivity contribution in [3.05, 3.63) is 22.2 Å². The number of carbonyl (C=O) groups excluding carboxylic acids is 1. The minimum Gasteiger partial charge on any atom is -0.496 e. The first-order valence-corrected chi connectivity index (χ1v) is 7.84. The Balaban J connectivity index is 2.22. The van der Waals surface area contributed by atoms with Gasteiger partial charge in [0.1, 0.15) is 17.1 Å². The van der Waals surface area contributed by atoms with Crippen molar-refractivity contribution >= 4 is 21.8 Å². The maximum absolute atomic E-state index is 12.7. The lowest BCUT2D eigenvalue weighted by Crippen LogP contribution is -2.42. The van der Waals surface area contributed by atoms with E-state index in [0.29, 0.717) is 16.0 Å². The molecule has 2 rings (SSSR count). The summed E-state index contributed by atoms with van der Waals surface area (Å²) in [6.45, 7) is 0.122. The monoisotopic (exact) mass is 395 g/mol. The Bertz CT molecular complexity index is 559. The summed E-state index contributed by atoms with van der Waals surface area (Å²) >= 11 is 3.29. The van der Waals surface area contributed by atoms with Gasteiger partial charge in [0, 0.05) is 17.6 Å². The molecular weight excluding hydrogens is 379 g/mol. The van der Waals surface area contributed by atoms with Gasteiger partial charge in [0.2, 0.25) is 0 Å². The summed E-state index contributed by atoms with van der Waals surface area (Å²) in [5.74, 6) is -1.09. The van der Waals surface area contributed by atoms with Crippen LogP contribution in [0.4, 0.5) is 13.2 Å². The number of amides is 1. The molecule has 0 bridgehead atoms. The number of benzene rings is 1. The summed E-state index contributed by atoms with van der Waals surface area (Å²) in [4.78, 5) is 14.1. The number of piperidine rings is 1. The third-order valence-corrected chi connectivity index (χ3v) is 4.39. The molecule has 0 N–H and O–H groups in total. The van der Waals surface area contributed by atoms with E-state index in [4.69, 9.17) is 9.47 Å². The first-order valence-electron chi connectivity index (χ1n) is 7.05. The molecule has 1 aromatic rings. The standard InChI is InChI=1S/C15H17BrF3NO3/c1-22-11-7-10(16)8-12(23-2)13(11)14(21)20-5-3-9(4-6-20)15(17,18)19/h7-9H,3-6H2,1-2H3. The van der Waals surface area contributed by atoms with E-state index in [2.05, 4.69) is 15.9 Å². The van der Waals surface area contributed by atoms with Crippen LogP contribution in [0, 0.1) is 5.92 Å². The molecule has 0 saturated carbocycles. The van der Waals surface area contributed by atoms with Gasteiger partial charge in [0.25, 0.3) is 5.91 Å². The third-order valence-electron chi connectivity index (χ3n) is 3.93. The fraction of sp³-hybridized carbons (Fsp3) is 0.533. The number of carbonyl (C=O) groups is 1. The van der Waals surface area contributed by atoms with E-state index >= 15 is 0 Å². The zero-order chi connectivity index (χ0) is 17.2. The summed E-state index contributed by atoms with van der Waals surface area (Å²) in [6, 6.07) is 3.25. The number of hydrogen-bond donors (Lipinski definition) is 0. The first-order chi connectivity index (χ1) is 10.8. The molecule has 1 fully saturated rings. The predicted molar refractivity (Wildman–Crippen MR) is 81.9 cm³/mol. The van der Waals surface area contributed by atoms with Crippen molar-refractivity contribution in [1.82, 2.24) is 4.90 Å². The third kappa shape index (κ3) is 3.91. The molecule has 1 aliphatic heterocycles. The molecule has 4 nitrogen and oxygen atoms in total. The highest BCUT2D eigenvalue weighted by molar-refractivity contribution is 9.10. The van der Waals surface area contributed by atoms with Gasteiger partial charge in [-0.1, -0.05) is 15.9 Å². The number of nitrogens with zero attached hydrogens (tertiary/aromatic N) is 1. The Morgan fingerprint density at radius 1 is 1.17 bits per heavy atom. The van der Waals surface area contributed by atoms with Crippen LogP contribution in [0.1, 0.15) is 23.2 Å². The molecule has 1 amide bonds. The molecule has 0 aliphatic carbocycles. The van der Waals surface area contributed by atoms with Crippen LogP contribution in [0.3, 0.4) is 0 Å². The number of rotatable bonds is 3. The molecule has 0 spiro atoms. The van der Waals surface area contributed by atoms with Gasteiger partial charge in [-0.2, -0.15) is 13.2 Å². The molecule has 1 heterocycles. The van der Waals surface area contributed by atoms with E-state index in [1.807, 2.05) is 0 Å². The Morgan fingerprint density at radius 3 is 2.04 bits per heavy atom. The number of ether oxygens (including phenoxy) is 2. The summed E-state index contributed by atoms with van der Waals surface area (Å²) < 4.78 is 49.3. The second kappa shape index (κ2) is 6.98. The maximum atomic E-state index is 12.7. The van der Waals surface area contributed by atoms with Gasteiger partial charge in [-0.05, 0) is 25.0 Å². The molecule has 0 atom stereocenters. The van der Waals surface area contributed by atoms with Gasteiger partial charge in [-0.15, -0.1) is 0 Å². The second-order valence-corrected chi connectivity index (χ2v) is 6.21. The maximum Gasteiger partial charge on any atom is 0.391 e. The van der Waals surface area contributed by atoms with E-state index in [1.54, 1.807) is 12.1 Å². The molecule has 128 valence electrons. The summed E-state index contributed by atoms with van der Waals surface area (Å²) in [6.07, 6.45) is -4.38. The molecule has 1 aliphatic rings. The Kier molecular flexibility index (Phi) is 5.44. The lowest BCUT2D eigenvalue weighted by molar-refractivity contribution is -0.183. The van der Waals surface area contributed by atoms with Crippen molar-refractivity contribution in [2.45, 2.75) is 19.0 Å². The minimum atomic E-state index is -4.21. The Morgan fingerprint density at radius 2 is 1.65 bits per heavy atom. The van der Waals surface area contributed by atoms with Crippen LogP contribution in [0.25, 0.3) is 0 Å². The summed E-state index contributed by atoms with van der Waals surface area (Å²) in [7, 11) is 2.85. The molecular formula is C15H17BrF3NO3. The zero-order valence-electron chi connectivity index (χ0n) is 12.7. The minimum absolute atomic E-state index is 0.0609. The largest absolute Gasteiger partial charge is 0.496 e. The fourth-order valence-corrected chi connectivity index (χ4v) is 3.07. The molecule has 0 aromatic heterocycles. The van der Waals surface area contributed by atoms with Gasteiger partial charge in [-0.3, -0.25) is 4.79 Å². The first kappa shape index (κ1) is 17.9. The van der Waals surface area contributed by atoms with Crippen molar-refractivity contribution in [2.75, 3.05) is 27.3 Å². The highest BCUT2D eigenvalue weighted by Gasteiger charge is 2.42. The lowest BCUT2D eigenvalue weighted by atomic mass is 9.95. The van der Waals surface area contributed by atoms with Crippen LogP contribution < -0.4 is 9.47 Å². The molecule has 23 heavy (non-hydrogen) atoms. The van der Waals surface area contributed by atoms with Crippen molar-refractivity contribution in [3.8, 4) is 11.5 Å². The Hall–Kier alpha value is -1.44. The van der Waals surface area contributed by atoms with Crippen LogP contribution in [-0.2, 0) is 0 Å². The van der Waals surface area contributed by atoms with Crippen molar-refractivity contribution < 1.29 is 27.4 Å². The lowest BCUT2D eigenvalue weighted by Gasteiger charge is -2.33. The van der Waals surface area contributed by atoms with Crippen molar-refractivity contribution in [2.24, 2.45) is 5.92 Å². The summed E-state index contributed by atoms with van der Waals surface area (Å²) in [5.41, 5.74) is 0.226. The molecule has 1 saturated heterocycles. The predicted octanol–water partition coefficient (Wildman–Crippen LogP) is 3.88. The number of hydrogen-bond acceptors (Lipinski definition) is 3. The van der Waals surface area contributed by atoms with Gasteiger partial charge in [0.15, 0.2) is 0 Å². The number of halogens is 4. The van der Waals surface area contributed by atoms with Gasteiger partial charge >= 0.3 is 6.18 Å². The van der Waals surface area contributed by atoms with E-state index in [1.165, 1.54) is 19.1 Å². The van der Waals surface area contributed by atoms with E-state index in [0.717, 1.165) is 0 Å². The molecule has 1 aromatic carbocycles. The van der Waals surface area contributed by atoms with Gasteiger partial charge in [0.05, 0.1) is 20.1 Å². The SMILES string of the molecule is COc1cc(Br)cc(OC)c1C(=O)N1CCC(C(F)(F)F)CC1. The fourth-order valence-electron chi connectivity index (χ4n) is 2.66. The van der Waals surface area contributed by atoms with E-state index in [9.17, 15) is 18.0 Å². The normalized spacial score (nSPS) is 16.3. The van der Waals surface area contributed by atoms with Crippen LogP contribution >= 0.6 is 15.9 Å². The number of methoxy groups -OCH3 is 2. The number of alkyl halides is 3. The second-order valence-electron chi connectivity index (χ2n) is 5.29. The average Bonchev–Trinajstić information content (AvgIpc) is 2.52. The average molecular weight is 396 g/mol. The van der Waals surface area contributed by atoms with Crippen LogP contribution in [-0.4, -0.2) is 44.3 Å². The van der Waals surface area contributed by atoms with Crippen molar-refractivity contribution in [3.63, 3.8) is 0 Å². The van der Waals surface area contributed by atoms with Crippen LogP contribution in [0.5, 0.6) is 11.5 Å². The highest BCUT2D eigenvalue weighted by Crippen LogP contribution is 2.37. The quantitative estimate of drug-likeness (QED) is 0.779. The molecule has 0 unspecified atom stereocenters. The van der Waals surface area contributed by atoms with Gasteiger partial charge < -0.3 is 14.4 Å².